The number of likely N-dealkylation sites (tertiary alicyclic amines) is 4. The minimum Gasteiger partial charge on any atom is -0.384 e. The smallest absolute Gasteiger partial charge is 0.275 e. The van der Waals surface area contributed by atoms with Crippen LogP contribution in [0.25, 0.3) is 22.2 Å². The molecular weight excluding hydrogens is 882 g/mol. The summed E-state index contributed by atoms with van der Waals surface area (Å²) in [5.41, 5.74) is 13.1. The number of piperidine rings is 5. The van der Waals surface area contributed by atoms with Crippen LogP contribution in [0.2, 0.25) is 0 Å². The van der Waals surface area contributed by atoms with Gasteiger partial charge in [0.1, 0.15) is 23.3 Å². The van der Waals surface area contributed by atoms with Crippen LogP contribution < -0.4 is 16.4 Å². The number of nitrogen functional groups attached to an aromatic ring is 1. The fourth-order valence-electron chi connectivity index (χ4n) is 11.8. The molecule has 69 heavy (non-hydrogen) atoms. The Balaban J connectivity index is 0.648. The summed E-state index contributed by atoms with van der Waals surface area (Å²) in [5, 5.41) is 6.43. The number of carbonyl (C=O) groups excluding carboxylic acids is 3. The van der Waals surface area contributed by atoms with Gasteiger partial charge in [0.2, 0.25) is 11.8 Å². The minimum atomic E-state index is -2.86. The van der Waals surface area contributed by atoms with E-state index in [1.165, 1.54) is 17.3 Å². The van der Waals surface area contributed by atoms with Crippen LogP contribution in [0.1, 0.15) is 96.8 Å². The minimum absolute atomic E-state index is 0.0349. The lowest BCUT2D eigenvalue weighted by molar-refractivity contribution is -0.134. The maximum Gasteiger partial charge on any atom is 0.275 e. The van der Waals surface area contributed by atoms with E-state index in [2.05, 4.69) is 50.3 Å². The Hall–Kier alpha value is -5.84. The zero-order valence-electron chi connectivity index (χ0n) is 39.4. The summed E-state index contributed by atoms with van der Waals surface area (Å²) in [7, 11) is 2.08. The van der Waals surface area contributed by atoms with Crippen LogP contribution in [-0.2, 0) is 23.2 Å². The summed E-state index contributed by atoms with van der Waals surface area (Å²) in [6.45, 7) is 5.95. The van der Waals surface area contributed by atoms with E-state index in [0.717, 1.165) is 67.5 Å². The largest absolute Gasteiger partial charge is 0.384 e. The maximum atomic E-state index is 15.9. The van der Waals surface area contributed by atoms with Crippen molar-refractivity contribution in [2.24, 2.45) is 13.0 Å². The predicted octanol–water partition coefficient (Wildman–Crippen LogP) is 7.39. The average molecular weight is 945 g/mol. The van der Waals surface area contributed by atoms with Crippen LogP contribution in [0.4, 0.5) is 24.7 Å². The van der Waals surface area contributed by atoms with Crippen LogP contribution in [0.5, 0.6) is 0 Å². The number of alkyl halides is 2. The molecule has 2 aromatic carbocycles. The summed E-state index contributed by atoms with van der Waals surface area (Å²) in [6.07, 6.45) is 9.48. The molecular formula is C53H63F3N10O3. The number of nitrogens with two attached hydrogens (primary N) is 1. The Bertz CT molecular complexity index is 2650. The summed E-state index contributed by atoms with van der Waals surface area (Å²) >= 11 is 0. The molecule has 16 heteroatoms. The van der Waals surface area contributed by atoms with Gasteiger partial charge in [-0.25, -0.2) is 23.1 Å². The highest BCUT2D eigenvalue weighted by Gasteiger charge is 2.48. The molecule has 4 N–H and O–H groups in total. The van der Waals surface area contributed by atoms with Gasteiger partial charge in [-0.15, -0.1) is 0 Å². The molecule has 2 atom stereocenters. The first-order valence-electron chi connectivity index (χ1n) is 24.9. The molecule has 13 nitrogen and oxygen atoms in total. The fraction of sp³-hybridized carbons (Fsp3) is 0.491. The molecule has 0 radical (unpaired) electrons. The van der Waals surface area contributed by atoms with E-state index in [9.17, 15) is 14.4 Å². The first kappa shape index (κ1) is 46.9. The van der Waals surface area contributed by atoms with Crippen LogP contribution in [0.3, 0.4) is 0 Å². The van der Waals surface area contributed by atoms with Gasteiger partial charge in [0, 0.05) is 86.5 Å². The van der Waals surface area contributed by atoms with Gasteiger partial charge in [0.05, 0.1) is 12.6 Å². The van der Waals surface area contributed by atoms with Crippen LogP contribution in [0.15, 0.2) is 79.1 Å². The molecule has 0 spiro atoms. The lowest BCUT2D eigenvalue weighted by Crippen LogP contribution is -2.60. The van der Waals surface area contributed by atoms with Gasteiger partial charge >= 0.3 is 0 Å². The molecule has 8 heterocycles. The summed E-state index contributed by atoms with van der Waals surface area (Å²) in [5.74, 6) is -2.82. The number of rotatable bonds is 11. The molecule has 0 bridgehead atoms. The second-order valence-electron chi connectivity index (χ2n) is 20.2. The molecule has 2 unspecified atom stereocenters. The number of imide groups is 1. The Labute approximate surface area is 401 Å². The van der Waals surface area contributed by atoms with Crippen LogP contribution >= 0.6 is 0 Å². The Morgan fingerprint density at radius 1 is 0.826 bits per heavy atom. The van der Waals surface area contributed by atoms with E-state index in [-0.39, 0.29) is 42.4 Å². The molecule has 3 aromatic heterocycles. The van der Waals surface area contributed by atoms with Crippen molar-refractivity contribution >= 4 is 40.3 Å². The molecule has 3 amide bonds. The number of hydrogen-bond donors (Lipinski definition) is 3. The summed E-state index contributed by atoms with van der Waals surface area (Å²) in [6, 6.07) is 19.7. The van der Waals surface area contributed by atoms with E-state index in [1.807, 2.05) is 57.4 Å². The van der Waals surface area contributed by atoms with Gasteiger partial charge in [0.25, 0.3) is 11.8 Å². The number of benzene rings is 2. The summed E-state index contributed by atoms with van der Waals surface area (Å²) < 4.78 is 49.3. The van der Waals surface area contributed by atoms with Crippen molar-refractivity contribution < 1.29 is 27.6 Å². The van der Waals surface area contributed by atoms with Gasteiger partial charge in [-0.2, -0.15) is 0 Å². The number of hydrogen-bond acceptors (Lipinski definition) is 10. The number of carbonyl (C=O) groups is 3. The molecule has 5 aliphatic rings. The predicted molar refractivity (Wildman–Crippen MR) is 260 cm³/mol. The topological polar surface area (TPSA) is 145 Å². The first-order chi connectivity index (χ1) is 33.3. The number of nitrogens with zero attached hydrogens (tertiary/aromatic N) is 7. The number of nitrogens with one attached hydrogen (secondary N) is 2. The van der Waals surface area contributed by atoms with Crippen molar-refractivity contribution in [3.63, 3.8) is 0 Å². The summed E-state index contributed by atoms with van der Waals surface area (Å²) in [4.78, 5) is 54.5. The van der Waals surface area contributed by atoms with E-state index in [1.54, 1.807) is 12.1 Å². The highest BCUT2D eigenvalue weighted by molar-refractivity contribution is 6.01. The molecule has 5 saturated heterocycles. The molecule has 0 aliphatic carbocycles. The molecule has 0 saturated carbocycles. The zero-order valence-corrected chi connectivity index (χ0v) is 39.4. The molecule has 5 aliphatic heterocycles. The number of halogens is 3. The standard InChI is InChI=1S/C53H63F3N10O3/c1-62-41(29-44-42(12-20-58-50(44)62)39-6-10-48(57)59-30-39)32-63-21-15-36(16-22-63)35-2-4-38(5-3-35)52(69)66-24-13-34(14-25-66)31-64-23-19-47(53(55,56)33-64)65-26-17-37(18-27-65)43-8-7-40(28-45(43)54)60-46-9-11-49(67)61-51(46)68/h2-8,10,12,20,28-30,34,36-37,46-47,60H,9,11,13-19,21-27,31-33H2,1H3,(H2,57,59)(H,61,67,68). The number of anilines is 2. The Morgan fingerprint density at radius 2 is 1.57 bits per heavy atom. The molecule has 5 fully saturated rings. The third kappa shape index (κ3) is 10.2. The van der Waals surface area contributed by atoms with Crippen LogP contribution in [0, 0.1) is 11.7 Å². The number of amides is 3. The second kappa shape index (κ2) is 19.9. The SMILES string of the molecule is Cn1c(CN2CCC(c3ccc(C(=O)N4CCC(CN5CCC(N6CCC(c7ccc(NC8CCC(=O)NC8=O)cc7F)CC6)C(F)(F)C5)CC4)cc3)CC2)cc2c(-c3ccc(N)nc3)ccnc21. The zero-order chi connectivity index (χ0) is 47.8. The number of pyridine rings is 2. The first-order valence-corrected chi connectivity index (χ1v) is 24.9. The second-order valence-corrected chi connectivity index (χ2v) is 20.2. The lowest BCUT2D eigenvalue weighted by Gasteiger charge is -2.46. The van der Waals surface area contributed by atoms with Crippen molar-refractivity contribution in [1.29, 1.82) is 0 Å². The van der Waals surface area contributed by atoms with Gasteiger partial charge in [-0.3, -0.25) is 34.4 Å². The van der Waals surface area contributed by atoms with Crippen molar-refractivity contribution in [2.45, 2.75) is 94.2 Å². The van der Waals surface area contributed by atoms with E-state index in [0.29, 0.717) is 93.5 Å². The van der Waals surface area contributed by atoms with Gasteiger partial charge in [-0.05, 0) is 161 Å². The van der Waals surface area contributed by atoms with Gasteiger partial charge in [0.15, 0.2) is 0 Å². The normalized spacial score (nSPS) is 22.8. The van der Waals surface area contributed by atoms with E-state index in [4.69, 9.17) is 10.7 Å². The monoisotopic (exact) mass is 945 g/mol. The number of aromatic nitrogens is 3. The van der Waals surface area contributed by atoms with Crippen molar-refractivity contribution in [3.05, 3.63) is 107 Å². The van der Waals surface area contributed by atoms with Crippen LogP contribution in [-0.4, -0.2) is 129 Å². The average Bonchev–Trinajstić information content (AvgIpc) is 3.67. The maximum absolute atomic E-state index is 15.9. The Morgan fingerprint density at radius 3 is 2.26 bits per heavy atom. The molecule has 364 valence electrons. The quantitative estimate of drug-likeness (QED) is 0.115. The Kier molecular flexibility index (Phi) is 13.5. The highest BCUT2D eigenvalue weighted by atomic mass is 19.3. The molecule has 5 aromatic rings. The van der Waals surface area contributed by atoms with Gasteiger partial charge < -0.3 is 20.5 Å². The fourth-order valence-corrected chi connectivity index (χ4v) is 11.8. The van der Waals surface area contributed by atoms with Crippen molar-refractivity contribution in [3.8, 4) is 11.1 Å². The van der Waals surface area contributed by atoms with Gasteiger partial charge in [-0.1, -0.05) is 18.2 Å². The van der Waals surface area contributed by atoms with E-state index < -0.39 is 23.9 Å². The van der Waals surface area contributed by atoms with Crippen molar-refractivity contribution in [2.75, 3.05) is 70.0 Å². The van der Waals surface area contributed by atoms with Crippen molar-refractivity contribution in [1.82, 2.24) is 39.5 Å². The third-order valence-corrected chi connectivity index (χ3v) is 15.8. The highest BCUT2D eigenvalue weighted by Crippen LogP contribution is 2.38. The molecule has 10 rings (SSSR count). The number of fused-ring (bicyclic) bond motifs is 1. The van der Waals surface area contributed by atoms with E-state index >= 15 is 13.2 Å². The number of aryl methyl sites for hydroxylation is 1. The lowest BCUT2D eigenvalue weighted by atomic mass is 9.86. The third-order valence-electron chi connectivity index (χ3n) is 15.8.